The molecule has 0 amide bonds. The summed E-state index contributed by atoms with van der Waals surface area (Å²) in [5.74, 6) is 0. The van der Waals surface area contributed by atoms with E-state index in [9.17, 15) is 0 Å². The van der Waals surface area contributed by atoms with E-state index in [1.54, 1.807) is 0 Å². The Kier molecular flexibility index (Phi) is 8.19. The zero-order valence-electron chi connectivity index (χ0n) is 31.7. The van der Waals surface area contributed by atoms with Crippen LogP contribution in [0.25, 0.3) is 88.0 Å². The summed E-state index contributed by atoms with van der Waals surface area (Å²) in [5.41, 5.74) is 14.3. The maximum Gasteiger partial charge on any atom is 0.143 e. The van der Waals surface area contributed by atoms with Crippen LogP contribution in [0.1, 0.15) is 0 Å². The Morgan fingerprint density at radius 3 is 1.53 bits per heavy atom. The van der Waals surface area contributed by atoms with Gasteiger partial charge in [0, 0.05) is 38.5 Å². The Morgan fingerprint density at radius 2 is 0.845 bits per heavy atom. The largest absolute Gasteiger partial charge is 0.455 e. The van der Waals surface area contributed by atoms with E-state index in [1.165, 1.54) is 21.5 Å². The van der Waals surface area contributed by atoms with Crippen molar-refractivity contribution in [2.24, 2.45) is 0 Å². The number of hydrogen-bond acceptors (Lipinski definition) is 2. The molecule has 0 fully saturated rings. The van der Waals surface area contributed by atoms with Crippen LogP contribution in [0.5, 0.6) is 0 Å². The molecule has 0 aliphatic heterocycles. The third kappa shape index (κ3) is 5.66. The maximum absolute atomic E-state index is 6.65. The normalized spacial score (nSPS) is 11.4. The van der Waals surface area contributed by atoms with Gasteiger partial charge in [-0.25, -0.2) is 0 Å². The molecule has 0 unspecified atom stereocenters. The van der Waals surface area contributed by atoms with Crippen molar-refractivity contribution in [1.82, 2.24) is 0 Å². The zero-order chi connectivity index (χ0) is 38.4. The van der Waals surface area contributed by atoms with Crippen LogP contribution in [-0.4, -0.2) is 0 Å². The van der Waals surface area contributed by atoms with Crippen LogP contribution in [0.3, 0.4) is 0 Å². The van der Waals surface area contributed by atoms with Gasteiger partial charge in [-0.1, -0.05) is 194 Å². The second kappa shape index (κ2) is 14.1. The molecule has 2 nitrogen and oxygen atoms in total. The summed E-state index contributed by atoms with van der Waals surface area (Å²) in [6.45, 7) is 0. The smallest absolute Gasteiger partial charge is 0.143 e. The van der Waals surface area contributed by atoms with Crippen LogP contribution >= 0.6 is 0 Å². The van der Waals surface area contributed by atoms with Crippen LogP contribution in [0.15, 0.2) is 229 Å². The molecular formula is C56H37NO. The highest BCUT2D eigenvalue weighted by Gasteiger charge is 2.24. The Balaban J connectivity index is 1.16. The van der Waals surface area contributed by atoms with Gasteiger partial charge in [0.2, 0.25) is 0 Å². The van der Waals surface area contributed by atoms with E-state index >= 15 is 0 Å². The summed E-state index contributed by atoms with van der Waals surface area (Å²) in [5, 5.41) is 7.13. The molecule has 58 heavy (non-hydrogen) atoms. The zero-order valence-corrected chi connectivity index (χ0v) is 31.7. The molecule has 1 heterocycles. The lowest BCUT2D eigenvalue weighted by Crippen LogP contribution is -2.13. The molecule has 0 bridgehead atoms. The van der Waals surface area contributed by atoms with Crippen LogP contribution in [-0.2, 0) is 0 Å². The standard InChI is InChI=1S/C56H37NO/c1-4-16-38(17-5-1)46-25-14-26-47(39-18-6-2-7-19-39)55(46)57(52-28-15-27-49-44-23-11-10-22-41(44)32-35-50(49)52)43-33-30-42(31-34-43)45-36-37-48(40-20-8-3-9-21-40)56-54(45)51-24-12-13-29-53(51)58-56/h1-37H. The number of anilines is 3. The van der Waals surface area contributed by atoms with Gasteiger partial charge in [-0.15, -0.1) is 0 Å². The van der Waals surface area contributed by atoms with Crippen LogP contribution in [0.2, 0.25) is 0 Å². The fourth-order valence-corrected chi connectivity index (χ4v) is 8.80. The Hall–Kier alpha value is -7.68. The van der Waals surface area contributed by atoms with Crippen molar-refractivity contribution in [2.45, 2.75) is 0 Å². The van der Waals surface area contributed by atoms with E-state index in [2.05, 4.69) is 223 Å². The van der Waals surface area contributed by atoms with Gasteiger partial charge >= 0.3 is 0 Å². The predicted octanol–water partition coefficient (Wildman–Crippen LogP) is 16.0. The summed E-state index contributed by atoms with van der Waals surface area (Å²) in [6.07, 6.45) is 0. The molecule has 0 N–H and O–H groups in total. The van der Waals surface area contributed by atoms with E-state index in [0.717, 1.165) is 83.5 Å². The first-order valence-corrected chi connectivity index (χ1v) is 19.8. The van der Waals surface area contributed by atoms with Gasteiger partial charge in [0.15, 0.2) is 0 Å². The minimum Gasteiger partial charge on any atom is -0.455 e. The number of hydrogen-bond donors (Lipinski definition) is 0. The molecule has 0 aliphatic carbocycles. The highest BCUT2D eigenvalue weighted by molar-refractivity contribution is 6.17. The van der Waals surface area contributed by atoms with Gasteiger partial charge in [0.25, 0.3) is 0 Å². The summed E-state index contributed by atoms with van der Waals surface area (Å²) >= 11 is 0. The maximum atomic E-state index is 6.65. The molecule has 0 atom stereocenters. The lowest BCUT2D eigenvalue weighted by atomic mass is 9.92. The molecule has 10 aromatic carbocycles. The lowest BCUT2D eigenvalue weighted by Gasteiger charge is -2.31. The summed E-state index contributed by atoms with van der Waals surface area (Å²) in [7, 11) is 0. The molecule has 272 valence electrons. The SMILES string of the molecule is c1ccc(-c2cccc(-c3ccccc3)c2N(c2ccc(-c3ccc(-c4ccccc4)c4oc5ccccc5c34)cc2)c2cccc3c2ccc2ccccc23)cc1. The van der Waals surface area contributed by atoms with Gasteiger partial charge < -0.3 is 9.32 Å². The number of benzene rings is 10. The van der Waals surface area contributed by atoms with Crippen LogP contribution in [0.4, 0.5) is 17.1 Å². The van der Waals surface area contributed by atoms with E-state index < -0.39 is 0 Å². The first-order chi connectivity index (χ1) is 28.8. The molecule has 0 aliphatic rings. The van der Waals surface area contributed by atoms with Crippen molar-refractivity contribution in [3.63, 3.8) is 0 Å². The fraction of sp³-hybridized carbons (Fsp3) is 0. The van der Waals surface area contributed by atoms with Crippen LogP contribution in [0, 0.1) is 0 Å². The highest BCUT2D eigenvalue weighted by atomic mass is 16.3. The average molecular weight is 740 g/mol. The minimum atomic E-state index is 0.888. The molecule has 0 saturated heterocycles. The Labute approximate surface area is 337 Å². The minimum absolute atomic E-state index is 0.888. The third-order valence-corrected chi connectivity index (χ3v) is 11.5. The molecule has 0 radical (unpaired) electrons. The fourth-order valence-electron chi connectivity index (χ4n) is 8.80. The second-order valence-corrected chi connectivity index (χ2v) is 14.8. The Morgan fingerprint density at radius 1 is 0.310 bits per heavy atom. The highest BCUT2D eigenvalue weighted by Crippen LogP contribution is 2.49. The van der Waals surface area contributed by atoms with Crippen molar-refractivity contribution in [3.05, 3.63) is 224 Å². The topological polar surface area (TPSA) is 16.4 Å². The molecule has 0 saturated carbocycles. The van der Waals surface area contributed by atoms with E-state index in [-0.39, 0.29) is 0 Å². The molecular weight excluding hydrogens is 703 g/mol. The van der Waals surface area contributed by atoms with Gasteiger partial charge in [-0.05, 0) is 74.3 Å². The van der Waals surface area contributed by atoms with Gasteiger partial charge in [0.05, 0.1) is 11.4 Å². The first kappa shape index (κ1) is 33.6. The molecule has 2 heteroatoms. The predicted molar refractivity (Wildman–Crippen MR) is 245 cm³/mol. The molecule has 11 aromatic rings. The number of para-hydroxylation sites is 2. The average Bonchev–Trinajstić information content (AvgIpc) is 3.70. The van der Waals surface area contributed by atoms with Gasteiger partial charge in [-0.2, -0.15) is 0 Å². The van der Waals surface area contributed by atoms with E-state index in [4.69, 9.17) is 4.42 Å². The Bertz CT molecular complexity index is 3200. The number of furan rings is 1. The monoisotopic (exact) mass is 739 g/mol. The quantitative estimate of drug-likeness (QED) is 0.151. The van der Waals surface area contributed by atoms with Crippen molar-refractivity contribution in [3.8, 4) is 44.5 Å². The van der Waals surface area contributed by atoms with Gasteiger partial charge in [-0.3, -0.25) is 0 Å². The van der Waals surface area contributed by atoms with Crippen molar-refractivity contribution >= 4 is 60.5 Å². The molecule has 0 spiro atoms. The number of rotatable bonds is 7. The second-order valence-electron chi connectivity index (χ2n) is 14.8. The molecule has 11 rings (SSSR count). The summed E-state index contributed by atoms with van der Waals surface area (Å²) in [6, 6.07) is 80.7. The third-order valence-electron chi connectivity index (χ3n) is 11.5. The molecule has 1 aromatic heterocycles. The van der Waals surface area contributed by atoms with Crippen LogP contribution < -0.4 is 4.90 Å². The first-order valence-electron chi connectivity index (χ1n) is 19.8. The summed E-state index contributed by atoms with van der Waals surface area (Å²) in [4.78, 5) is 2.48. The van der Waals surface area contributed by atoms with Crippen molar-refractivity contribution < 1.29 is 4.42 Å². The summed E-state index contributed by atoms with van der Waals surface area (Å²) < 4.78 is 6.65. The van der Waals surface area contributed by atoms with E-state index in [1.807, 2.05) is 6.07 Å². The van der Waals surface area contributed by atoms with Crippen molar-refractivity contribution in [2.75, 3.05) is 4.90 Å². The van der Waals surface area contributed by atoms with E-state index in [0.29, 0.717) is 0 Å². The lowest BCUT2D eigenvalue weighted by molar-refractivity contribution is 0.670. The number of fused-ring (bicyclic) bond motifs is 6. The van der Waals surface area contributed by atoms with Gasteiger partial charge in [0.1, 0.15) is 11.2 Å². The number of nitrogens with zero attached hydrogens (tertiary/aromatic N) is 1. The van der Waals surface area contributed by atoms with Crippen molar-refractivity contribution in [1.29, 1.82) is 0 Å².